The Morgan fingerprint density at radius 2 is 1.48 bits per heavy atom. The summed E-state index contributed by atoms with van der Waals surface area (Å²) in [5, 5.41) is 0. The monoisotopic (exact) mass is 316 g/mol. The molecule has 0 aromatic rings. The highest BCUT2D eigenvalue weighted by atomic mass is 32.2. The van der Waals surface area contributed by atoms with Crippen molar-refractivity contribution in [3.8, 4) is 0 Å². The Hall–Kier alpha value is -0.130. The van der Waals surface area contributed by atoms with Crippen molar-refractivity contribution in [3.05, 3.63) is 0 Å². The number of nitrogens with two attached hydrogens (primary N) is 1. The highest BCUT2D eigenvalue weighted by molar-refractivity contribution is 7.89. The quantitative estimate of drug-likeness (QED) is 0.785. The van der Waals surface area contributed by atoms with Crippen LogP contribution in [0.5, 0.6) is 0 Å². The van der Waals surface area contributed by atoms with Crippen LogP contribution < -0.4 is 5.73 Å². The third-order valence-electron chi connectivity index (χ3n) is 5.09. The molecule has 2 saturated carbocycles. The summed E-state index contributed by atoms with van der Waals surface area (Å²) in [6.45, 7) is 1.19. The zero-order chi connectivity index (χ0) is 15.1. The summed E-state index contributed by atoms with van der Waals surface area (Å²) in [6, 6.07) is 0.235. The smallest absolute Gasteiger partial charge is 0.214 e. The van der Waals surface area contributed by atoms with Crippen molar-refractivity contribution in [2.75, 3.05) is 18.8 Å². The Balaban J connectivity index is 2.01. The fourth-order valence-corrected chi connectivity index (χ4v) is 6.11. The van der Waals surface area contributed by atoms with E-state index in [4.69, 9.17) is 5.73 Å². The van der Waals surface area contributed by atoms with Gasteiger partial charge in [0, 0.05) is 12.6 Å². The molecule has 0 aromatic heterocycles. The molecular formula is C16H32N2O2S. The molecule has 0 bridgehead atoms. The van der Waals surface area contributed by atoms with Gasteiger partial charge in [-0.3, -0.25) is 0 Å². The predicted molar refractivity (Wildman–Crippen MR) is 87.6 cm³/mol. The molecule has 0 amide bonds. The summed E-state index contributed by atoms with van der Waals surface area (Å²) in [4.78, 5) is 0. The Bertz CT molecular complexity index is 385. The van der Waals surface area contributed by atoms with E-state index >= 15 is 0 Å². The van der Waals surface area contributed by atoms with Crippen molar-refractivity contribution in [1.29, 1.82) is 0 Å². The first-order chi connectivity index (χ1) is 10.1. The summed E-state index contributed by atoms with van der Waals surface area (Å²) in [6.07, 6.45) is 12.3. The van der Waals surface area contributed by atoms with E-state index in [1.54, 1.807) is 0 Å². The average Bonchev–Trinajstić information content (AvgIpc) is 2.49. The molecule has 2 fully saturated rings. The normalized spacial score (nSPS) is 22.8. The van der Waals surface area contributed by atoms with Gasteiger partial charge in [-0.25, -0.2) is 8.42 Å². The van der Waals surface area contributed by atoms with Gasteiger partial charge in [-0.2, -0.15) is 4.31 Å². The lowest BCUT2D eigenvalue weighted by molar-refractivity contribution is 0.249. The van der Waals surface area contributed by atoms with Crippen LogP contribution >= 0.6 is 0 Å². The van der Waals surface area contributed by atoms with E-state index < -0.39 is 10.0 Å². The molecule has 0 unspecified atom stereocenters. The first kappa shape index (κ1) is 17.2. The summed E-state index contributed by atoms with van der Waals surface area (Å²) in [5.74, 6) is 0.751. The van der Waals surface area contributed by atoms with Crippen molar-refractivity contribution in [3.63, 3.8) is 0 Å². The van der Waals surface area contributed by atoms with Crippen LogP contribution in [0.1, 0.15) is 70.6 Å². The topological polar surface area (TPSA) is 63.4 Å². The Labute approximate surface area is 130 Å². The molecule has 0 aliphatic heterocycles. The fourth-order valence-electron chi connectivity index (χ4n) is 3.91. The maximum absolute atomic E-state index is 12.9. The first-order valence-electron chi connectivity index (χ1n) is 8.83. The molecule has 21 heavy (non-hydrogen) atoms. The van der Waals surface area contributed by atoms with Crippen LogP contribution in [0.15, 0.2) is 0 Å². The number of hydrogen-bond donors (Lipinski definition) is 1. The van der Waals surface area contributed by atoms with Crippen molar-refractivity contribution in [2.24, 2.45) is 11.7 Å². The van der Waals surface area contributed by atoms with E-state index in [1.807, 2.05) is 4.31 Å². The summed E-state index contributed by atoms with van der Waals surface area (Å²) < 4.78 is 27.6. The predicted octanol–water partition coefficient (Wildman–Crippen LogP) is 2.88. The third-order valence-corrected chi connectivity index (χ3v) is 7.18. The van der Waals surface area contributed by atoms with Gasteiger partial charge >= 0.3 is 0 Å². The minimum absolute atomic E-state index is 0.235. The second kappa shape index (κ2) is 8.49. The van der Waals surface area contributed by atoms with Gasteiger partial charge in [0.25, 0.3) is 0 Å². The van der Waals surface area contributed by atoms with Crippen LogP contribution in [0.2, 0.25) is 0 Å². The lowest BCUT2D eigenvalue weighted by Crippen LogP contribution is -2.44. The van der Waals surface area contributed by atoms with E-state index in [9.17, 15) is 8.42 Å². The van der Waals surface area contributed by atoms with Crippen molar-refractivity contribution < 1.29 is 8.42 Å². The first-order valence-corrected chi connectivity index (χ1v) is 10.4. The largest absolute Gasteiger partial charge is 0.330 e. The van der Waals surface area contributed by atoms with Crippen LogP contribution in [-0.2, 0) is 10.0 Å². The highest BCUT2D eigenvalue weighted by Gasteiger charge is 2.32. The minimum Gasteiger partial charge on any atom is -0.330 e. The van der Waals surface area contributed by atoms with Crippen LogP contribution in [0.25, 0.3) is 0 Å². The van der Waals surface area contributed by atoms with Crippen molar-refractivity contribution in [2.45, 2.75) is 76.7 Å². The summed E-state index contributed by atoms with van der Waals surface area (Å²) in [7, 11) is -3.12. The van der Waals surface area contributed by atoms with Gasteiger partial charge in [-0.15, -0.1) is 0 Å². The van der Waals surface area contributed by atoms with Gasteiger partial charge < -0.3 is 5.73 Å². The van der Waals surface area contributed by atoms with Gasteiger partial charge in [-0.05, 0) is 44.6 Å². The van der Waals surface area contributed by atoms with E-state index in [2.05, 4.69) is 0 Å². The highest BCUT2D eigenvalue weighted by Crippen LogP contribution is 2.29. The molecule has 0 radical (unpaired) electrons. The fraction of sp³-hybridized carbons (Fsp3) is 1.00. The molecular weight excluding hydrogens is 284 g/mol. The molecule has 4 nitrogen and oxygen atoms in total. The maximum atomic E-state index is 12.9. The van der Waals surface area contributed by atoms with E-state index in [1.165, 1.54) is 38.5 Å². The molecule has 0 aromatic carbocycles. The lowest BCUT2D eigenvalue weighted by Gasteiger charge is -2.35. The minimum atomic E-state index is -3.12. The van der Waals surface area contributed by atoms with E-state index in [0.29, 0.717) is 24.8 Å². The molecule has 2 aliphatic rings. The van der Waals surface area contributed by atoms with Gasteiger partial charge in [0.1, 0.15) is 0 Å². The number of sulfonamides is 1. The van der Waals surface area contributed by atoms with Crippen LogP contribution in [0.3, 0.4) is 0 Å². The molecule has 0 saturated heterocycles. The lowest BCUT2D eigenvalue weighted by atomic mass is 9.91. The second-order valence-electron chi connectivity index (χ2n) is 6.83. The average molecular weight is 317 g/mol. The maximum Gasteiger partial charge on any atom is 0.214 e. The molecule has 0 heterocycles. The second-order valence-corrected chi connectivity index (χ2v) is 8.79. The van der Waals surface area contributed by atoms with E-state index in [0.717, 1.165) is 32.1 Å². The molecule has 0 spiro atoms. The molecule has 5 heteroatoms. The number of nitrogens with zero attached hydrogens (tertiary/aromatic N) is 1. The van der Waals surface area contributed by atoms with Crippen LogP contribution in [-0.4, -0.2) is 37.6 Å². The SMILES string of the molecule is NCCCN(C1CCCCC1)S(=O)(=O)CC1CCCCC1. The van der Waals surface area contributed by atoms with Gasteiger partial charge in [0.15, 0.2) is 0 Å². The zero-order valence-electron chi connectivity index (χ0n) is 13.3. The van der Waals surface area contributed by atoms with Gasteiger partial charge in [-0.1, -0.05) is 38.5 Å². The Morgan fingerprint density at radius 1 is 0.905 bits per heavy atom. The standard InChI is InChI=1S/C16H32N2O2S/c17-12-7-13-18(16-10-5-2-6-11-16)21(19,20)14-15-8-3-1-4-9-15/h15-16H,1-14,17H2. The van der Waals surface area contributed by atoms with E-state index in [-0.39, 0.29) is 6.04 Å². The molecule has 124 valence electrons. The number of rotatable bonds is 7. The number of hydrogen-bond acceptors (Lipinski definition) is 3. The molecule has 2 aliphatic carbocycles. The zero-order valence-corrected chi connectivity index (χ0v) is 14.1. The van der Waals surface area contributed by atoms with Gasteiger partial charge in [0.05, 0.1) is 5.75 Å². The van der Waals surface area contributed by atoms with Crippen molar-refractivity contribution in [1.82, 2.24) is 4.31 Å². The molecule has 0 atom stereocenters. The Morgan fingerprint density at radius 3 is 2.05 bits per heavy atom. The molecule has 2 rings (SSSR count). The molecule has 2 N–H and O–H groups in total. The summed E-state index contributed by atoms with van der Waals surface area (Å²) in [5.41, 5.74) is 5.61. The summed E-state index contributed by atoms with van der Waals surface area (Å²) >= 11 is 0. The third kappa shape index (κ3) is 5.22. The Kier molecular flexibility index (Phi) is 6.96. The van der Waals surface area contributed by atoms with Gasteiger partial charge in [0.2, 0.25) is 10.0 Å². The van der Waals surface area contributed by atoms with Crippen LogP contribution in [0, 0.1) is 5.92 Å². The van der Waals surface area contributed by atoms with Crippen LogP contribution in [0.4, 0.5) is 0 Å². The van der Waals surface area contributed by atoms with Crippen molar-refractivity contribution >= 4 is 10.0 Å².